The van der Waals surface area contributed by atoms with Crippen molar-refractivity contribution in [1.82, 2.24) is 4.90 Å². The molecule has 1 aliphatic heterocycles. The van der Waals surface area contributed by atoms with Gasteiger partial charge in [0.15, 0.2) is 0 Å². The van der Waals surface area contributed by atoms with E-state index in [1.807, 2.05) is 4.90 Å². The number of aryl methyl sites for hydroxylation is 1. The van der Waals surface area contributed by atoms with Crippen LogP contribution in [0.3, 0.4) is 0 Å². The summed E-state index contributed by atoms with van der Waals surface area (Å²) in [4.78, 5) is 16.5. The maximum atomic E-state index is 12.4. The minimum Gasteiger partial charge on any atom is -0.368 e. The van der Waals surface area contributed by atoms with E-state index < -0.39 is 0 Å². The molecule has 122 valence electrons. The third-order valence-electron chi connectivity index (χ3n) is 4.18. The van der Waals surface area contributed by atoms with Crippen LogP contribution in [0.15, 0.2) is 48.5 Å². The van der Waals surface area contributed by atoms with Crippen LogP contribution in [0.4, 0.5) is 16.2 Å². The molecule has 0 bridgehead atoms. The van der Waals surface area contributed by atoms with Gasteiger partial charge in [0, 0.05) is 37.6 Å². The smallest absolute Gasteiger partial charge is 0.321 e. The molecular formula is C19H20N4O. The Morgan fingerprint density at radius 1 is 1.08 bits per heavy atom. The van der Waals surface area contributed by atoms with Gasteiger partial charge in [0.1, 0.15) is 0 Å². The molecule has 1 saturated heterocycles. The molecule has 0 radical (unpaired) electrons. The van der Waals surface area contributed by atoms with Crippen LogP contribution in [-0.4, -0.2) is 37.1 Å². The molecule has 2 aromatic rings. The van der Waals surface area contributed by atoms with Crippen molar-refractivity contribution in [1.29, 1.82) is 5.26 Å². The van der Waals surface area contributed by atoms with Crippen molar-refractivity contribution in [2.24, 2.45) is 0 Å². The van der Waals surface area contributed by atoms with Gasteiger partial charge in [-0.3, -0.25) is 0 Å². The Morgan fingerprint density at radius 3 is 2.54 bits per heavy atom. The number of amides is 2. The van der Waals surface area contributed by atoms with E-state index in [9.17, 15) is 4.79 Å². The molecule has 0 saturated carbocycles. The van der Waals surface area contributed by atoms with E-state index in [2.05, 4.69) is 47.5 Å². The van der Waals surface area contributed by atoms with E-state index in [1.54, 1.807) is 24.3 Å². The molecule has 0 aromatic heterocycles. The standard InChI is InChI=1S/C19H20N4O/c1-15-4-2-7-18(12-15)22-8-10-23(11-9-22)19(24)21-17-6-3-5-16(13-17)14-20/h2-7,12-13H,8-11H2,1H3,(H,21,24). The number of carbonyl (C=O) groups is 1. The van der Waals surface area contributed by atoms with Gasteiger partial charge in [0.2, 0.25) is 0 Å². The molecule has 0 unspecified atom stereocenters. The van der Waals surface area contributed by atoms with Crippen LogP contribution < -0.4 is 10.2 Å². The van der Waals surface area contributed by atoms with Gasteiger partial charge in [0.05, 0.1) is 11.6 Å². The predicted octanol–water partition coefficient (Wildman–Crippen LogP) is 3.22. The van der Waals surface area contributed by atoms with E-state index in [-0.39, 0.29) is 6.03 Å². The second-order valence-corrected chi connectivity index (χ2v) is 5.94. The highest BCUT2D eigenvalue weighted by atomic mass is 16.2. The molecule has 24 heavy (non-hydrogen) atoms. The minimum absolute atomic E-state index is 0.117. The van der Waals surface area contributed by atoms with E-state index in [4.69, 9.17) is 5.26 Å². The molecular weight excluding hydrogens is 300 g/mol. The van der Waals surface area contributed by atoms with Crippen molar-refractivity contribution >= 4 is 17.4 Å². The third-order valence-corrected chi connectivity index (χ3v) is 4.18. The SMILES string of the molecule is Cc1cccc(N2CCN(C(=O)Nc3cccc(C#N)c3)CC2)c1. The van der Waals surface area contributed by atoms with Gasteiger partial charge in [0.25, 0.3) is 0 Å². The first kappa shape index (κ1) is 15.9. The van der Waals surface area contributed by atoms with Crippen LogP contribution in [0.2, 0.25) is 0 Å². The zero-order valence-corrected chi connectivity index (χ0v) is 13.7. The van der Waals surface area contributed by atoms with Crippen LogP contribution in [0.1, 0.15) is 11.1 Å². The lowest BCUT2D eigenvalue weighted by molar-refractivity contribution is 0.208. The van der Waals surface area contributed by atoms with E-state index in [1.165, 1.54) is 11.3 Å². The molecule has 1 N–H and O–H groups in total. The lowest BCUT2D eigenvalue weighted by Crippen LogP contribution is -2.50. The molecule has 1 aliphatic rings. The van der Waals surface area contributed by atoms with Crippen molar-refractivity contribution in [2.75, 3.05) is 36.4 Å². The summed E-state index contributed by atoms with van der Waals surface area (Å²) >= 11 is 0. The Bertz CT molecular complexity index is 773. The highest BCUT2D eigenvalue weighted by Crippen LogP contribution is 2.18. The normalized spacial score (nSPS) is 14.2. The molecule has 2 aromatic carbocycles. The molecule has 1 fully saturated rings. The first-order valence-electron chi connectivity index (χ1n) is 8.03. The fourth-order valence-corrected chi connectivity index (χ4v) is 2.86. The number of hydrogen-bond donors (Lipinski definition) is 1. The number of urea groups is 1. The Morgan fingerprint density at radius 2 is 1.83 bits per heavy atom. The number of carbonyl (C=O) groups excluding carboxylic acids is 1. The Hall–Kier alpha value is -3.00. The van der Waals surface area contributed by atoms with E-state index in [0.29, 0.717) is 24.3 Å². The minimum atomic E-state index is -0.117. The van der Waals surface area contributed by atoms with E-state index in [0.717, 1.165) is 13.1 Å². The molecule has 3 rings (SSSR count). The summed E-state index contributed by atoms with van der Waals surface area (Å²) in [5, 5.41) is 11.8. The van der Waals surface area contributed by atoms with Gasteiger partial charge in [-0.15, -0.1) is 0 Å². The van der Waals surface area contributed by atoms with Crippen LogP contribution in [0.25, 0.3) is 0 Å². The Labute approximate surface area is 142 Å². The number of benzene rings is 2. The first-order chi connectivity index (χ1) is 11.7. The van der Waals surface area contributed by atoms with Crippen LogP contribution in [0, 0.1) is 18.3 Å². The summed E-state index contributed by atoms with van der Waals surface area (Å²) in [6, 6.07) is 17.3. The monoisotopic (exact) mass is 320 g/mol. The summed E-state index contributed by atoms with van der Waals surface area (Å²) in [5.41, 5.74) is 3.64. The molecule has 2 amide bonds. The van der Waals surface area contributed by atoms with Gasteiger partial charge >= 0.3 is 6.03 Å². The van der Waals surface area contributed by atoms with Gasteiger partial charge in [-0.2, -0.15) is 5.26 Å². The molecule has 5 heteroatoms. The average Bonchev–Trinajstić information content (AvgIpc) is 2.62. The zero-order valence-electron chi connectivity index (χ0n) is 13.7. The largest absolute Gasteiger partial charge is 0.368 e. The van der Waals surface area contributed by atoms with Gasteiger partial charge < -0.3 is 15.1 Å². The van der Waals surface area contributed by atoms with Crippen LogP contribution in [-0.2, 0) is 0 Å². The maximum Gasteiger partial charge on any atom is 0.321 e. The highest BCUT2D eigenvalue weighted by molar-refractivity contribution is 5.89. The predicted molar refractivity (Wildman–Crippen MR) is 95.1 cm³/mol. The molecule has 0 spiro atoms. The second kappa shape index (κ2) is 7.05. The fraction of sp³-hybridized carbons (Fsp3) is 0.263. The highest BCUT2D eigenvalue weighted by Gasteiger charge is 2.21. The number of anilines is 2. The van der Waals surface area contributed by atoms with Crippen LogP contribution >= 0.6 is 0 Å². The molecule has 1 heterocycles. The van der Waals surface area contributed by atoms with Gasteiger partial charge in [-0.1, -0.05) is 18.2 Å². The van der Waals surface area contributed by atoms with Crippen molar-refractivity contribution in [3.8, 4) is 6.07 Å². The van der Waals surface area contributed by atoms with Crippen LogP contribution in [0.5, 0.6) is 0 Å². The zero-order chi connectivity index (χ0) is 16.9. The first-order valence-corrected chi connectivity index (χ1v) is 8.03. The van der Waals surface area contributed by atoms with Crippen molar-refractivity contribution < 1.29 is 4.79 Å². The van der Waals surface area contributed by atoms with E-state index >= 15 is 0 Å². The van der Waals surface area contributed by atoms with Gasteiger partial charge in [-0.25, -0.2) is 4.79 Å². The summed E-state index contributed by atoms with van der Waals surface area (Å²) in [5.74, 6) is 0. The average molecular weight is 320 g/mol. The summed E-state index contributed by atoms with van der Waals surface area (Å²) < 4.78 is 0. The number of rotatable bonds is 2. The maximum absolute atomic E-state index is 12.4. The topological polar surface area (TPSA) is 59.4 Å². The quantitative estimate of drug-likeness (QED) is 0.924. The fourth-order valence-electron chi connectivity index (χ4n) is 2.86. The Kier molecular flexibility index (Phi) is 4.66. The number of nitrogens with one attached hydrogen (secondary N) is 1. The number of piperazine rings is 1. The summed E-state index contributed by atoms with van der Waals surface area (Å²) in [6.07, 6.45) is 0. The van der Waals surface area contributed by atoms with Gasteiger partial charge in [-0.05, 0) is 42.8 Å². The number of nitrogens with zero attached hydrogens (tertiary/aromatic N) is 3. The van der Waals surface area contributed by atoms with Crippen molar-refractivity contribution in [3.63, 3.8) is 0 Å². The molecule has 0 atom stereocenters. The third kappa shape index (κ3) is 3.66. The number of hydrogen-bond acceptors (Lipinski definition) is 3. The number of nitriles is 1. The van der Waals surface area contributed by atoms with Crippen molar-refractivity contribution in [3.05, 3.63) is 59.7 Å². The van der Waals surface area contributed by atoms with Crippen molar-refractivity contribution in [2.45, 2.75) is 6.92 Å². The lowest BCUT2D eigenvalue weighted by Gasteiger charge is -2.36. The summed E-state index contributed by atoms with van der Waals surface area (Å²) in [7, 11) is 0. The molecule has 5 nitrogen and oxygen atoms in total. The lowest BCUT2D eigenvalue weighted by atomic mass is 10.2. The summed E-state index contributed by atoms with van der Waals surface area (Å²) in [6.45, 7) is 5.07. The second-order valence-electron chi connectivity index (χ2n) is 5.94. The Balaban J connectivity index is 1.58. The molecule has 0 aliphatic carbocycles.